The van der Waals surface area contributed by atoms with Gasteiger partial charge in [0.2, 0.25) is 0 Å². The predicted octanol–water partition coefficient (Wildman–Crippen LogP) is 4.45. The van der Waals surface area contributed by atoms with Crippen molar-refractivity contribution >= 4 is 17.3 Å². The van der Waals surface area contributed by atoms with E-state index in [1.807, 2.05) is 18.2 Å². The Kier molecular flexibility index (Phi) is 5.26. The molecule has 1 aromatic heterocycles. The van der Waals surface area contributed by atoms with Crippen molar-refractivity contribution in [2.24, 2.45) is 0 Å². The van der Waals surface area contributed by atoms with Crippen LogP contribution < -0.4 is 0 Å². The van der Waals surface area contributed by atoms with E-state index in [1.54, 1.807) is 6.92 Å². The molecule has 1 N–H and O–H groups in total. The number of nitrogens with zero attached hydrogens (tertiary/aromatic N) is 2. The maximum Gasteiger partial charge on any atom is 0.347 e. The molecule has 1 heterocycles. The first kappa shape index (κ1) is 17.3. The molecule has 0 unspecified atom stereocenters. The highest BCUT2D eigenvalue weighted by Gasteiger charge is 2.15. The first-order valence-electron chi connectivity index (χ1n) is 8.05. The van der Waals surface area contributed by atoms with E-state index in [0.29, 0.717) is 10.6 Å². The number of carbonyl (C=O) groups is 1. The molecule has 3 aromatic rings. The molecule has 128 valence electrons. The molecule has 0 aliphatic heterocycles. The fraction of sp³-hybridized carbons (Fsp3) is 0.200. The Labute approximate surface area is 151 Å². The van der Waals surface area contributed by atoms with Crippen LogP contribution in [-0.4, -0.2) is 28.0 Å². The van der Waals surface area contributed by atoms with Crippen molar-refractivity contribution in [3.8, 4) is 10.6 Å². The number of benzene rings is 2. The van der Waals surface area contributed by atoms with Gasteiger partial charge in [0.25, 0.3) is 0 Å². The third-order valence-corrected chi connectivity index (χ3v) is 5.13. The maximum atomic E-state index is 11.2. The summed E-state index contributed by atoms with van der Waals surface area (Å²) in [6.45, 7) is 3.49. The highest BCUT2D eigenvalue weighted by molar-refractivity contribution is 7.17. The summed E-state index contributed by atoms with van der Waals surface area (Å²) in [4.78, 5) is 18.1. The molecule has 0 fully saturated rings. The lowest BCUT2D eigenvalue weighted by Crippen LogP contribution is -2.17. The molecule has 0 amide bonds. The van der Waals surface area contributed by atoms with Crippen LogP contribution in [0.1, 0.15) is 26.5 Å². The third-order valence-electron chi connectivity index (χ3n) is 3.94. The molecule has 0 spiro atoms. The summed E-state index contributed by atoms with van der Waals surface area (Å²) in [7, 11) is 2.10. The van der Waals surface area contributed by atoms with Crippen LogP contribution in [0.15, 0.2) is 54.6 Å². The van der Waals surface area contributed by atoms with Crippen molar-refractivity contribution in [3.05, 3.63) is 76.3 Å². The second kappa shape index (κ2) is 7.59. The van der Waals surface area contributed by atoms with Crippen LogP contribution in [0.4, 0.5) is 0 Å². The fourth-order valence-corrected chi connectivity index (χ4v) is 3.64. The Morgan fingerprint density at radius 2 is 1.64 bits per heavy atom. The van der Waals surface area contributed by atoms with Gasteiger partial charge in [-0.05, 0) is 25.1 Å². The van der Waals surface area contributed by atoms with Gasteiger partial charge >= 0.3 is 5.97 Å². The summed E-state index contributed by atoms with van der Waals surface area (Å²) >= 11 is 1.22. The summed E-state index contributed by atoms with van der Waals surface area (Å²) < 4.78 is 0. The second-order valence-electron chi connectivity index (χ2n) is 6.09. The van der Waals surface area contributed by atoms with Gasteiger partial charge in [-0.25, -0.2) is 9.78 Å². The number of hydrogen-bond donors (Lipinski definition) is 1. The third kappa shape index (κ3) is 4.32. The van der Waals surface area contributed by atoms with E-state index >= 15 is 0 Å². The van der Waals surface area contributed by atoms with Gasteiger partial charge in [0.15, 0.2) is 0 Å². The molecule has 0 atom stereocenters. The van der Waals surface area contributed by atoms with Crippen LogP contribution in [0.5, 0.6) is 0 Å². The molecular formula is C20H20N2O2S. The Bertz CT molecular complexity index is 857. The normalized spacial score (nSPS) is 11.0. The number of thiazole rings is 1. The van der Waals surface area contributed by atoms with Crippen molar-refractivity contribution in [2.45, 2.75) is 20.0 Å². The lowest BCUT2D eigenvalue weighted by Gasteiger charge is -2.17. The Hall–Kier alpha value is -2.50. The van der Waals surface area contributed by atoms with Crippen LogP contribution in [0.2, 0.25) is 0 Å². The lowest BCUT2D eigenvalue weighted by molar-refractivity contribution is 0.0701. The molecule has 0 aliphatic carbocycles. The number of aryl methyl sites for hydroxylation is 1. The summed E-state index contributed by atoms with van der Waals surface area (Å²) in [6, 6.07) is 18.6. The monoisotopic (exact) mass is 352 g/mol. The van der Waals surface area contributed by atoms with Gasteiger partial charge in [-0.1, -0.05) is 54.6 Å². The molecular weight excluding hydrogens is 332 g/mol. The van der Waals surface area contributed by atoms with Gasteiger partial charge in [0.1, 0.15) is 9.88 Å². The molecule has 0 bridgehead atoms. The predicted molar refractivity (Wildman–Crippen MR) is 101 cm³/mol. The zero-order chi connectivity index (χ0) is 17.8. The van der Waals surface area contributed by atoms with E-state index in [1.165, 1.54) is 22.5 Å². The summed E-state index contributed by atoms with van der Waals surface area (Å²) in [5, 5.41) is 9.90. The first-order chi connectivity index (χ1) is 12.0. The van der Waals surface area contributed by atoms with Crippen molar-refractivity contribution in [1.82, 2.24) is 9.88 Å². The molecule has 0 saturated carbocycles. The van der Waals surface area contributed by atoms with E-state index in [9.17, 15) is 4.79 Å². The van der Waals surface area contributed by atoms with Crippen molar-refractivity contribution in [3.63, 3.8) is 0 Å². The van der Waals surface area contributed by atoms with Crippen molar-refractivity contribution in [2.75, 3.05) is 7.05 Å². The Balaban J connectivity index is 1.68. The zero-order valence-corrected chi connectivity index (χ0v) is 15.1. The van der Waals surface area contributed by atoms with Gasteiger partial charge < -0.3 is 5.11 Å². The average molecular weight is 352 g/mol. The summed E-state index contributed by atoms with van der Waals surface area (Å²) in [5.41, 5.74) is 4.03. The van der Waals surface area contributed by atoms with Crippen LogP contribution >= 0.6 is 11.3 Å². The average Bonchev–Trinajstić information content (AvgIpc) is 2.98. The smallest absolute Gasteiger partial charge is 0.347 e. The number of aromatic carboxylic acids is 1. The van der Waals surface area contributed by atoms with Crippen molar-refractivity contribution in [1.29, 1.82) is 0 Å². The maximum absolute atomic E-state index is 11.2. The fourth-order valence-electron chi connectivity index (χ4n) is 2.73. The minimum atomic E-state index is -0.916. The van der Waals surface area contributed by atoms with Gasteiger partial charge in [-0.2, -0.15) is 0 Å². The minimum absolute atomic E-state index is 0.307. The molecule has 2 aromatic carbocycles. The quantitative estimate of drug-likeness (QED) is 0.712. The summed E-state index contributed by atoms with van der Waals surface area (Å²) in [5.74, 6) is -0.916. The van der Waals surface area contributed by atoms with Crippen LogP contribution in [-0.2, 0) is 13.1 Å². The second-order valence-corrected chi connectivity index (χ2v) is 7.09. The molecule has 3 rings (SSSR count). The van der Waals surface area contributed by atoms with Crippen molar-refractivity contribution < 1.29 is 9.90 Å². The minimum Gasteiger partial charge on any atom is -0.477 e. The van der Waals surface area contributed by atoms with Crippen LogP contribution in [0.25, 0.3) is 10.6 Å². The molecule has 0 radical (unpaired) electrons. The SMILES string of the molecule is Cc1nc(-c2ccc(CN(C)Cc3ccccc3)cc2)sc1C(=O)O. The first-order valence-corrected chi connectivity index (χ1v) is 8.87. The van der Waals surface area contributed by atoms with Gasteiger partial charge in [-0.3, -0.25) is 4.90 Å². The largest absolute Gasteiger partial charge is 0.477 e. The Morgan fingerprint density at radius 3 is 2.20 bits per heavy atom. The molecule has 4 nitrogen and oxygen atoms in total. The number of aromatic nitrogens is 1. The van der Waals surface area contributed by atoms with Crippen LogP contribution in [0.3, 0.4) is 0 Å². The van der Waals surface area contributed by atoms with Gasteiger partial charge in [-0.15, -0.1) is 11.3 Å². The van der Waals surface area contributed by atoms with Crippen LogP contribution in [0, 0.1) is 6.92 Å². The van der Waals surface area contributed by atoms with E-state index in [-0.39, 0.29) is 0 Å². The van der Waals surface area contributed by atoms with E-state index in [0.717, 1.165) is 23.7 Å². The van der Waals surface area contributed by atoms with Gasteiger partial charge in [0, 0.05) is 18.7 Å². The molecule has 25 heavy (non-hydrogen) atoms. The number of carboxylic acids is 1. The molecule has 0 aliphatic rings. The van der Waals surface area contributed by atoms with E-state index < -0.39 is 5.97 Å². The number of carboxylic acid groups (broad SMARTS) is 1. The van der Waals surface area contributed by atoms with E-state index in [4.69, 9.17) is 5.11 Å². The lowest BCUT2D eigenvalue weighted by atomic mass is 10.1. The number of rotatable bonds is 6. The van der Waals surface area contributed by atoms with Gasteiger partial charge in [0.05, 0.1) is 5.69 Å². The molecule has 0 saturated heterocycles. The Morgan fingerprint density at radius 1 is 1.04 bits per heavy atom. The zero-order valence-electron chi connectivity index (χ0n) is 14.3. The number of hydrogen-bond acceptors (Lipinski definition) is 4. The molecule has 5 heteroatoms. The topological polar surface area (TPSA) is 53.4 Å². The highest BCUT2D eigenvalue weighted by atomic mass is 32.1. The van der Waals surface area contributed by atoms with E-state index in [2.05, 4.69) is 53.3 Å². The summed E-state index contributed by atoms with van der Waals surface area (Å²) in [6.07, 6.45) is 0. The highest BCUT2D eigenvalue weighted by Crippen LogP contribution is 2.28. The standard InChI is InChI=1S/C20H20N2O2S/c1-14-18(20(23)24)25-19(21-14)17-10-8-16(9-11-17)13-22(2)12-15-6-4-3-5-7-15/h3-11H,12-13H2,1-2H3,(H,23,24).